The first-order valence-corrected chi connectivity index (χ1v) is 6.93. The van der Waals surface area contributed by atoms with Gasteiger partial charge in [-0.05, 0) is 12.8 Å². The van der Waals surface area contributed by atoms with Crippen LogP contribution >= 0.6 is 0 Å². The maximum absolute atomic E-state index is 8.74. The molecule has 0 aromatic heterocycles. The molecule has 0 aromatic carbocycles. The van der Waals surface area contributed by atoms with E-state index in [1.165, 1.54) is 6.21 Å². The highest BCUT2D eigenvalue weighted by molar-refractivity contribution is 7.79. The van der Waals surface area contributed by atoms with E-state index in [0.29, 0.717) is 12.1 Å². The van der Waals surface area contributed by atoms with Gasteiger partial charge in [0.2, 0.25) is 11.9 Å². The SMILES string of the molecule is CCCCC(/C=N/N=C(N)N)=N\N=C(N)N.O=S(=O)(O)O. The zero-order valence-corrected chi connectivity index (χ0v) is 12.2. The zero-order chi connectivity index (χ0) is 16.9. The number of nitrogens with zero attached hydrogens (tertiary/aromatic N) is 4. The molecule has 13 heteroatoms. The summed E-state index contributed by atoms with van der Waals surface area (Å²) in [5.74, 6) is -0.225. The number of hydrogen-bond acceptors (Lipinski definition) is 6. The third-order valence-corrected chi connectivity index (χ3v) is 1.46. The van der Waals surface area contributed by atoms with Crippen LogP contribution < -0.4 is 22.9 Å². The second-order valence-corrected chi connectivity index (χ2v) is 4.33. The number of guanidine groups is 2. The van der Waals surface area contributed by atoms with Crippen molar-refractivity contribution in [3.05, 3.63) is 0 Å². The van der Waals surface area contributed by atoms with Crippen molar-refractivity contribution in [3.8, 4) is 0 Å². The Balaban J connectivity index is 0. The largest absolute Gasteiger partial charge is 0.394 e. The monoisotopic (exact) mass is 324 g/mol. The van der Waals surface area contributed by atoms with Gasteiger partial charge in [-0.1, -0.05) is 13.3 Å². The van der Waals surface area contributed by atoms with Crippen molar-refractivity contribution in [2.75, 3.05) is 0 Å². The first kappa shape index (κ1) is 21.1. The van der Waals surface area contributed by atoms with Crippen molar-refractivity contribution in [2.24, 2.45) is 43.3 Å². The fourth-order valence-electron chi connectivity index (χ4n) is 0.782. The van der Waals surface area contributed by atoms with Crippen LogP contribution in [0, 0.1) is 0 Å². The van der Waals surface area contributed by atoms with Crippen LogP contribution in [-0.4, -0.2) is 41.4 Å². The topological polar surface area (TPSA) is 228 Å². The molecule has 0 aromatic rings. The minimum Gasteiger partial charge on any atom is -0.369 e. The summed E-state index contributed by atoms with van der Waals surface area (Å²) in [6.45, 7) is 2.06. The smallest absolute Gasteiger partial charge is 0.369 e. The molecule has 0 aliphatic rings. The summed E-state index contributed by atoms with van der Waals surface area (Å²) in [7, 11) is -4.67. The Hall–Kier alpha value is -2.25. The molecule has 0 heterocycles. The van der Waals surface area contributed by atoms with Crippen molar-refractivity contribution in [2.45, 2.75) is 26.2 Å². The Morgan fingerprint density at radius 2 is 1.52 bits per heavy atom. The summed E-state index contributed by atoms with van der Waals surface area (Å²) in [6.07, 6.45) is 4.10. The number of nitrogens with two attached hydrogens (primary N) is 4. The molecule has 0 amide bonds. The van der Waals surface area contributed by atoms with Crippen LogP contribution in [0.25, 0.3) is 0 Å². The lowest BCUT2D eigenvalue weighted by atomic mass is 10.2. The van der Waals surface area contributed by atoms with Crippen molar-refractivity contribution in [1.29, 1.82) is 0 Å². The van der Waals surface area contributed by atoms with Gasteiger partial charge in [0.25, 0.3) is 0 Å². The molecular weight excluding hydrogens is 304 g/mol. The highest BCUT2D eigenvalue weighted by Gasteiger charge is 1.95. The van der Waals surface area contributed by atoms with Crippen LogP contribution in [0.5, 0.6) is 0 Å². The fourth-order valence-corrected chi connectivity index (χ4v) is 0.782. The molecule has 0 unspecified atom stereocenters. The number of unbranched alkanes of at least 4 members (excludes halogenated alkanes) is 1. The average molecular weight is 324 g/mol. The normalized spacial score (nSPS) is 11.5. The maximum atomic E-state index is 8.74. The summed E-state index contributed by atoms with van der Waals surface area (Å²) >= 11 is 0. The van der Waals surface area contributed by atoms with Gasteiger partial charge < -0.3 is 22.9 Å². The lowest BCUT2D eigenvalue weighted by molar-refractivity contribution is 0.381. The Kier molecular flexibility index (Phi) is 11.6. The predicted molar refractivity (Wildman–Crippen MR) is 81.2 cm³/mol. The van der Waals surface area contributed by atoms with Crippen molar-refractivity contribution < 1.29 is 17.5 Å². The van der Waals surface area contributed by atoms with E-state index in [1.807, 2.05) is 0 Å². The second kappa shape index (κ2) is 11.6. The van der Waals surface area contributed by atoms with Gasteiger partial charge in [-0.3, -0.25) is 9.11 Å². The first-order chi connectivity index (χ1) is 9.56. The highest BCUT2D eigenvalue weighted by atomic mass is 32.3. The van der Waals surface area contributed by atoms with E-state index in [0.717, 1.165) is 12.8 Å². The molecule has 0 bridgehead atoms. The molecule has 0 spiro atoms. The summed E-state index contributed by atoms with van der Waals surface area (Å²) in [5.41, 5.74) is 21.1. The Labute approximate surface area is 122 Å². The first-order valence-electron chi connectivity index (χ1n) is 5.53. The Morgan fingerprint density at radius 3 is 1.90 bits per heavy atom. The third kappa shape index (κ3) is 27.1. The molecule has 0 saturated heterocycles. The van der Waals surface area contributed by atoms with Crippen LogP contribution in [0.1, 0.15) is 26.2 Å². The molecule has 12 nitrogen and oxygen atoms in total. The molecule has 122 valence electrons. The van der Waals surface area contributed by atoms with Gasteiger partial charge in [0.05, 0.1) is 11.9 Å². The highest BCUT2D eigenvalue weighted by Crippen LogP contribution is 1.96. The van der Waals surface area contributed by atoms with Crippen LogP contribution in [0.2, 0.25) is 0 Å². The molecule has 10 N–H and O–H groups in total. The molecule has 0 aliphatic heterocycles. The van der Waals surface area contributed by atoms with Crippen molar-refractivity contribution >= 4 is 34.2 Å². The van der Waals surface area contributed by atoms with E-state index >= 15 is 0 Å². The Bertz CT molecular complexity index is 494. The van der Waals surface area contributed by atoms with E-state index in [1.54, 1.807) is 0 Å². The second-order valence-electron chi connectivity index (χ2n) is 3.44. The van der Waals surface area contributed by atoms with Gasteiger partial charge in [-0.25, -0.2) is 0 Å². The van der Waals surface area contributed by atoms with Crippen molar-refractivity contribution in [3.63, 3.8) is 0 Å². The molecule has 0 aliphatic carbocycles. The van der Waals surface area contributed by atoms with Crippen molar-refractivity contribution in [1.82, 2.24) is 0 Å². The van der Waals surface area contributed by atoms with Crippen LogP contribution in [0.15, 0.2) is 20.4 Å². The average Bonchev–Trinajstić information content (AvgIpc) is 2.29. The van der Waals surface area contributed by atoms with E-state index in [9.17, 15) is 0 Å². The third-order valence-electron chi connectivity index (χ3n) is 1.46. The van der Waals surface area contributed by atoms with E-state index < -0.39 is 10.4 Å². The van der Waals surface area contributed by atoms with E-state index in [-0.39, 0.29) is 11.9 Å². The zero-order valence-electron chi connectivity index (χ0n) is 11.4. The van der Waals surface area contributed by atoms with Gasteiger partial charge in [0.15, 0.2) is 0 Å². The van der Waals surface area contributed by atoms with E-state index in [4.69, 9.17) is 40.5 Å². The van der Waals surface area contributed by atoms with E-state index in [2.05, 4.69) is 27.3 Å². The lowest BCUT2D eigenvalue weighted by Crippen LogP contribution is -2.22. The summed E-state index contributed by atoms with van der Waals surface area (Å²) in [5, 5.41) is 14.4. The van der Waals surface area contributed by atoms with Gasteiger partial charge in [-0.15, -0.1) is 10.2 Å². The van der Waals surface area contributed by atoms with Gasteiger partial charge in [-0.2, -0.15) is 18.6 Å². The fraction of sp³-hybridized carbons (Fsp3) is 0.500. The molecule has 0 saturated carbocycles. The molecule has 0 fully saturated rings. The summed E-state index contributed by atoms with van der Waals surface area (Å²) < 4.78 is 31.6. The molecule has 21 heavy (non-hydrogen) atoms. The molecule has 0 rings (SSSR count). The number of hydrogen-bond donors (Lipinski definition) is 6. The minimum absolute atomic E-state index is 0.107. The molecule has 0 atom stereocenters. The van der Waals surface area contributed by atoms with Gasteiger partial charge in [0, 0.05) is 0 Å². The quantitative estimate of drug-likeness (QED) is 0.144. The lowest BCUT2D eigenvalue weighted by Gasteiger charge is -1.96. The maximum Gasteiger partial charge on any atom is 0.394 e. The predicted octanol–water partition coefficient (Wildman–Crippen LogP) is -1.59. The van der Waals surface area contributed by atoms with Crippen LogP contribution in [-0.2, 0) is 10.4 Å². The summed E-state index contributed by atoms with van der Waals surface area (Å²) in [6, 6.07) is 0. The van der Waals surface area contributed by atoms with Gasteiger partial charge >= 0.3 is 10.4 Å². The number of rotatable bonds is 6. The standard InChI is InChI=1S/C8H18N8.H2O4S/c1-2-3-4-6(14-16-8(11)12)5-13-15-7(9)10;1-5(2,3)4/h5H,2-4H2,1H3,(H4,9,10,15)(H4,11,12,16);(H2,1,2,3,4)/b13-5+,14-6+;. The van der Waals surface area contributed by atoms with Gasteiger partial charge in [0.1, 0.15) is 0 Å². The molecular formula is C8H20N8O4S. The van der Waals surface area contributed by atoms with Crippen LogP contribution in [0.4, 0.5) is 0 Å². The molecule has 0 radical (unpaired) electrons. The Morgan fingerprint density at radius 1 is 1.05 bits per heavy atom. The minimum atomic E-state index is -4.67. The van der Waals surface area contributed by atoms with Crippen LogP contribution in [0.3, 0.4) is 0 Å². The summed E-state index contributed by atoms with van der Waals surface area (Å²) in [4.78, 5) is 0.